The summed E-state index contributed by atoms with van der Waals surface area (Å²) in [5, 5.41) is 9.26. The maximum absolute atomic E-state index is 13.1. The molecule has 1 aromatic heterocycles. The van der Waals surface area contributed by atoms with E-state index in [9.17, 15) is 26.4 Å². The molecule has 2 rings (SSSR count). The molecule has 1 atom stereocenters. The molecule has 0 saturated carbocycles. The van der Waals surface area contributed by atoms with Crippen molar-refractivity contribution < 1.29 is 30.8 Å². The fourth-order valence-electron chi connectivity index (χ4n) is 2.48. The highest BCUT2D eigenvalue weighted by atomic mass is 32.2. The van der Waals surface area contributed by atoms with E-state index < -0.39 is 39.2 Å². The molecule has 0 saturated heterocycles. The van der Waals surface area contributed by atoms with Gasteiger partial charge in [-0.05, 0) is 18.9 Å². The van der Waals surface area contributed by atoms with E-state index >= 15 is 0 Å². The number of aromatic nitrogens is 2. The number of alkyl halides is 3. The third kappa shape index (κ3) is 3.66. The van der Waals surface area contributed by atoms with Gasteiger partial charge in [0.1, 0.15) is 0 Å². The molecule has 1 heterocycles. The molecule has 11 heteroatoms. The SMILES string of the molecule is CC1=C(S(C)(=O)=O)C(C(F)(F)F)CC=C1C(=O)Nc1nnc(C)o1. The molecule has 0 spiro atoms. The lowest BCUT2D eigenvalue weighted by Gasteiger charge is -2.27. The molecule has 24 heavy (non-hydrogen) atoms. The summed E-state index contributed by atoms with van der Waals surface area (Å²) in [6, 6.07) is -0.231. The molecular formula is C13H14F3N3O4S. The van der Waals surface area contributed by atoms with Crippen LogP contribution < -0.4 is 5.32 Å². The van der Waals surface area contributed by atoms with Gasteiger partial charge in [0.15, 0.2) is 9.84 Å². The largest absolute Gasteiger partial charge is 0.408 e. The van der Waals surface area contributed by atoms with Crippen LogP contribution >= 0.6 is 0 Å². The topological polar surface area (TPSA) is 102 Å². The molecule has 1 amide bonds. The van der Waals surface area contributed by atoms with Crippen LogP contribution in [0.15, 0.2) is 26.5 Å². The summed E-state index contributed by atoms with van der Waals surface area (Å²) in [4.78, 5) is 11.4. The van der Waals surface area contributed by atoms with Gasteiger partial charge in [0.05, 0.1) is 10.8 Å². The molecule has 0 fully saturated rings. The second kappa shape index (κ2) is 6.04. The quantitative estimate of drug-likeness (QED) is 0.880. The summed E-state index contributed by atoms with van der Waals surface area (Å²) >= 11 is 0. The fourth-order valence-corrected chi connectivity index (χ4v) is 3.90. The number of carbonyl (C=O) groups excluding carboxylic acids is 1. The summed E-state index contributed by atoms with van der Waals surface area (Å²) in [6.07, 6.45) is -3.63. The molecule has 0 aromatic carbocycles. The summed E-state index contributed by atoms with van der Waals surface area (Å²) in [7, 11) is -4.16. The van der Waals surface area contributed by atoms with E-state index in [0.717, 1.165) is 6.08 Å². The summed E-state index contributed by atoms with van der Waals surface area (Å²) in [6.45, 7) is 2.65. The Morgan fingerprint density at radius 2 is 1.96 bits per heavy atom. The van der Waals surface area contributed by atoms with E-state index in [2.05, 4.69) is 15.5 Å². The Hall–Kier alpha value is -2.17. The van der Waals surface area contributed by atoms with Crippen molar-refractivity contribution in [2.24, 2.45) is 5.92 Å². The molecule has 0 aliphatic heterocycles. The van der Waals surface area contributed by atoms with Crippen LogP contribution in [0, 0.1) is 12.8 Å². The normalized spacial score (nSPS) is 19.2. The Bertz CT molecular complexity index is 837. The summed E-state index contributed by atoms with van der Waals surface area (Å²) in [5.74, 6) is -2.81. The van der Waals surface area contributed by atoms with Gasteiger partial charge in [-0.25, -0.2) is 8.42 Å². The zero-order valence-corrected chi connectivity index (χ0v) is 13.7. The number of nitrogens with one attached hydrogen (secondary N) is 1. The van der Waals surface area contributed by atoms with Crippen LogP contribution in [-0.4, -0.2) is 37.0 Å². The Kier molecular flexibility index (Phi) is 4.57. The Morgan fingerprint density at radius 3 is 2.42 bits per heavy atom. The number of sulfone groups is 1. The lowest BCUT2D eigenvalue weighted by Crippen LogP contribution is -2.32. The maximum Gasteiger partial charge on any atom is 0.396 e. The van der Waals surface area contributed by atoms with Crippen LogP contribution in [-0.2, 0) is 14.6 Å². The Labute approximate surface area is 135 Å². The average Bonchev–Trinajstić information content (AvgIpc) is 2.80. The van der Waals surface area contributed by atoms with Gasteiger partial charge < -0.3 is 4.42 Å². The first-order chi connectivity index (χ1) is 10.9. The smallest absolute Gasteiger partial charge is 0.396 e. The number of halogens is 3. The van der Waals surface area contributed by atoms with Crippen LogP contribution in [0.5, 0.6) is 0 Å². The molecule has 1 unspecified atom stereocenters. The van der Waals surface area contributed by atoms with Crippen LogP contribution in [0.1, 0.15) is 19.2 Å². The second-order valence-corrected chi connectivity index (χ2v) is 7.27. The van der Waals surface area contributed by atoms with E-state index in [4.69, 9.17) is 4.42 Å². The first kappa shape index (κ1) is 18.2. The molecular weight excluding hydrogens is 351 g/mol. The van der Waals surface area contributed by atoms with Crippen LogP contribution in [0.4, 0.5) is 19.2 Å². The molecule has 1 aliphatic carbocycles. The van der Waals surface area contributed by atoms with Crippen LogP contribution in [0.3, 0.4) is 0 Å². The van der Waals surface area contributed by atoms with Gasteiger partial charge in [-0.2, -0.15) is 13.2 Å². The number of hydrogen-bond acceptors (Lipinski definition) is 6. The Morgan fingerprint density at radius 1 is 1.33 bits per heavy atom. The molecule has 0 bridgehead atoms. The highest BCUT2D eigenvalue weighted by Gasteiger charge is 2.47. The minimum atomic E-state index is -4.73. The standard InChI is InChI=1S/C13H14F3N3O4S/c1-6-8(11(20)17-12-19-18-7(2)23-12)4-5-9(13(14,15)16)10(6)24(3,21)22/h4,9H,5H2,1-3H3,(H,17,19,20). The average molecular weight is 365 g/mol. The van der Waals surface area contributed by atoms with E-state index in [1.807, 2.05) is 0 Å². The van der Waals surface area contributed by atoms with Gasteiger partial charge in [-0.15, -0.1) is 5.10 Å². The number of carbonyl (C=O) groups is 1. The van der Waals surface area contributed by atoms with Gasteiger partial charge in [0.2, 0.25) is 5.89 Å². The zero-order valence-electron chi connectivity index (χ0n) is 12.9. The van der Waals surface area contributed by atoms with E-state index in [0.29, 0.717) is 6.26 Å². The number of rotatable bonds is 3. The number of anilines is 1. The number of nitrogens with zero attached hydrogens (tertiary/aromatic N) is 2. The van der Waals surface area contributed by atoms with Gasteiger partial charge in [0, 0.05) is 18.8 Å². The first-order valence-electron chi connectivity index (χ1n) is 6.70. The lowest BCUT2D eigenvalue weighted by molar-refractivity contribution is -0.161. The molecule has 132 valence electrons. The minimum absolute atomic E-state index is 0.174. The van der Waals surface area contributed by atoms with Crippen molar-refractivity contribution in [2.45, 2.75) is 26.4 Å². The minimum Gasteiger partial charge on any atom is -0.408 e. The molecule has 7 nitrogen and oxygen atoms in total. The number of hydrogen-bond donors (Lipinski definition) is 1. The van der Waals surface area contributed by atoms with Crippen molar-refractivity contribution >= 4 is 21.8 Å². The van der Waals surface area contributed by atoms with Crippen molar-refractivity contribution in [1.29, 1.82) is 0 Å². The number of allylic oxidation sites excluding steroid dienone is 2. The second-order valence-electron chi connectivity index (χ2n) is 5.29. The van der Waals surface area contributed by atoms with E-state index in [1.54, 1.807) is 0 Å². The number of amides is 1. The van der Waals surface area contributed by atoms with Crippen molar-refractivity contribution in [2.75, 3.05) is 11.6 Å². The highest BCUT2D eigenvalue weighted by Crippen LogP contribution is 2.42. The van der Waals surface area contributed by atoms with Gasteiger partial charge in [-0.1, -0.05) is 11.2 Å². The van der Waals surface area contributed by atoms with Crippen LogP contribution in [0.25, 0.3) is 0 Å². The Balaban J connectivity index is 2.40. The summed E-state index contributed by atoms with van der Waals surface area (Å²) < 4.78 is 67.9. The van der Waals surface area contributed by atoms with Gasteiger partial charge in [0.25, 0.3) is 5.91 Å². The van der Waals surface area contributed by atoms with E-state index in [-0.39, 0.29) is 23.1 Å². The van der Waals surface area contributed by atoms with Crippen molar-refractivity contribution in [3.8, 4) is 0 Å². The lowest BCUT2D eigenvalue weighted by atomic mass is 9.90. The van der Waals surface area contributed by atoms with Gasteiger partial charge >= 0.3 is 12.2 Å². The summed E-state index contributed by atoms with van der Waals surface area (Å²) in [5.41, 5.74) is -0.424. The third-order valence-electron chi connectivity index (χ3n) is 3.43. The van der Waals surface area contributed by atoms with Gasteiger partial charge in [-0.3, -0.25) is 10.1 Å². The van der Waals surface area contributed by atoms with E-state index in [1.165, 1.54) is 13.8 Å². The predicted molar refractivity (Wildman–Crippen MR) is 77.5 cm³/mol. The maximum atomic E-state index is 13.1. The predicted octanol–water partition coefficient (Wildman–Crippen LogP) is 2.14. The highest BCUT2D eigenvalue weighted by molar-refractivity contribution is 7.94. The number of aryl methyl sites for hydroxylation is 1. The molecule has 1 aliphatic rings. The molecule has 1 aromatic rings. The third-order valence-corrected chi connectivity index (χ3v) is 4.82. The fraction of sp³-hybridized carbons (Fsp3) is 0.462. The van der Waals surface area contributed by atoms with Crippen molar-refractivity contribution in [3.63, 3.8) is 0 Å². The molecule has 1 N–H and O–H groups in total. The van der Waals surface area contributed by atoms with Crippen LogP contribution in [0.2, 0.25) is 0 Å². The zero-order chi connectivity index (χ0) is 18.3. The first-order valence-corrected chi connectivity index (χ1v) is 8.60. The monoisotopic (exact) mass is 365 g/mol. The molecule has 0 radical (unpaired) electrons. The van der Waals surface area contributed by atoms with Crippen molar-refractivity contribution in [1.82, 2.24) is 10.2 Å². The van der Waals surface area contributed by atoms with Crippen molar-refractivity contribution in [3.05, 3.63) is 28.0 Å².